The van der Waals surface area contributed by atoms with Crippen molar-refractivity contribution in [1.29, 1.82) is 0 Å². The summed E-state index contributed by atoms with van der Waals surface area (Å²) in [4.78, 5) is 23.4. The van der Waals surface area contributed by atoms with Crippen LogP contribution < -0.4 is 10.6 Å². The van der Waals surface area contributed by atoms with Gasteiger partial charge >= 0.3 is 12.0 Å². The molecule has 2 fully saturated rings. The fourth-order valence-electron chi connectivity index (χ4n) is 2.80. The van der Waals surface area contributed by atoms with Crippen molar-refractivity contribution < 1.29 is 19.4 Å². The fraction of sp³-hybridized carbons (Fsp3) is 0.846. The molecule has 0 radical (unpaired) electrons. The summed E-state index contributed by atoms with van der Waals surface area (Å²) in [6, 6.07) is -0.185. The average molecular weight is 270 g/mol. The highest BCUT2D eigenvalue weighted by Gasteiger charge is 2.41. The maximum Gasteiger partial charge on any atom is 0.329 e. The summed E-state index contributed by atoms with van der Waals surface area (Å²) >= 11 is 0. The number of amides is 2. The first kappa shape index (κ1) is 14.1. The minimum absolute atomic E-state index is 0.180. The number of urea groups is 1. The van der Waals surface area contributed by atoms with Gasteiger partial charge in [0, 0.05) is 32.1 Å². The zero-order chi connectivity index (χ0) is 13.7. The molecule has 6 heteroatoms. The Morgan fingerprint density at radius 1 is 1.11 bits per heavy atom. The molecule has 2 amide bonds. The average Bonchev–Trinajstić information content (AvgIpc) is 2.40. The third kappa shape index (κ3) is 3.59. The number of rotatable bonds is 3. The molecule has 0 atom stereocenters. The molecule has 0 aromatic rings. The summed E-state index contributed by atoms with van der Waals surface area (Å²) in [7, 11) is 0. The van der Waals surface area contributed by atoms with Gasteiger partial charge in [-0.1, -0.05) is 19.3 Å². The summed E-state index contributed by atoms with van der Waals surface area (Å²) < 4.78 is 5.17. The molecule has 0 aromatic heterocycles. The number of nitrogens with one attached hydrogen (secondary N) is 2. The molecule has 0 aromatic carbocycles. The van der Waals surface area contributed by atoms with Crippen molar-refractivity contribution in [3.05, 3.63) is 0 Å². The molecular formula is C13H22N2O4. The number of aliphatic carboxylic acids is 1. The zero-order valence-electron chi connectivity index (χ0n) is 11.1. The van der Waals surface area contributed by atoms with Crippen LogP contribution in [0.15, 0.2) is 0 Å². The molecule has 0 spiro atoms. The molecule has 3 N–H and O–H groups in total. The van der Waals surface area contributed by atoms with Gasteiger partial charge in [-0.3, -0.25) is 0 Å². The monoisotopic (exact) mass is 270 g/mol. The van der Waals surface area contributed by atoms with E-state index in [2.05, 4.69) is 10.6 Å². The van der Waals surface area contributed by atoms with E-state index >= 15 is 0 Å². The number of carbonyl (C=O) groups excluding carboxylic acids is 1. The van der Waals surface area contributed by atoms with Gasteiger partial charge in [0.2, 0.25) is 0 Å². The Morgan fingerprint density at radius 3 is 2.32 bits per heavy atom. The molecular weight excluding hydrogens is 248 g/mol. The van der Waals surface area contributed by atoms with Gasteiger partial charge in [0.1, 0.15) is 5.54 Å². The number of carbonyl (C=O) groups is 2. The molecule has 1 saturated carbocycles. The molecule has 1 aliphatic heterocycles. The molecule has 0 bridgehead atoms. The first-order valence-electron chi connectivity index (χ1n) is 7.02. The third-order valence-corrected chi connectivity index (χ3v) is 4.05. The van der Waals surface area contributed by atoms with E-state index in [-0.39, 0.29) is 12.1 Å². The second kappa shape index (κ2) is 6.23. The van der Waals surface area contributed by atoms with E-state index in [4.69, 9.17) is 4.74 Å². The third-order valence-electron chi connectivity index (χ3n) is 4.05. The molecule has 6 nitrogen and oxygen atoms in total. The predicted molar refractivity (Wildman–Crippen MR) is 69.0 cm³/mol. The summed E-state index contributed by atoms with van der Waals surface area (Å²) in [6.07, 6.45) is 6.08. The van der Waals surface area contributed by atoms with Gasteiger partial charge in [-0.25, -0.2) is 9.59 Å². The highest BCUT2D eigenvalue weighted by molar-refractivity contribution is 5.86. The minimum atomic E-state index is -1.17. The lowest BCUT2D eigenvalue weighted by Crippen LogP contribution is -2.60. The second-order valence-electron chi connectivity index (χ2n) is 5.43. The molecule has 1 heterocycles. The Bertz CT molecular complexity index is 334. The van der Waals surface area contributed by atoms with Crippen LogP contribution in [0, 0.1) is 0 Å². The lowest BCUT2D eigenvalue weighted by molar-refractivity contribution is -0.148. The number of hydrogen-bond acceptors (Lipinski definition) is 3. The number of ether oxygens (including phenoxy) is 1. The van der Waals surface area contributed by atoms with E-state index in [0.29, 0.717) is 26.1 Å². The SMILES string of the molecule is O=C(NC1CCCCC1)NC1(C(=O)O)CCOCC1. The standard InChI is InChI=1S/C13H22N2O4/c16-11(17)13(6-8-19-9-7-13)15-12(18)14-10-4-2-1-3-5-10/h10H,1-9H2,(H,16,17)(H2,14,15,18). The Morgan fingerprint density at radius 2 is 1.74 bits per heavy atom. The van der Waals surface area contributed by atoms with Gasteiger partial charge in [0.25, 0.3) is 0 Å². The maximum atomic E-state index is 12.0. The highest BCUT2D eigenvalue weighted by Crippen LogP contribution is 2.21. The van der Waals surface area contributed by atoms with Crippen LogP contribution in [0.1, 0.15) is 44.9 Å². The van der Waals surface area contributed by atoms with Gasteiger partial charge in [0.05, 0.1) is 0 Å². The van der Waals surface area contributed by atoms with Gasteiger partial charge < -0.3 is 20.5 Å². The molecule has 1 saturated heterocycles. The Kier molecular flexibility index (Phi) is 4.63. The summed E-state index contributed by atoms with van der Waals surface area (Å²) in [5.41, 5.74) is -1.17. The number of hydrogen-bond donors (Lipinski definition) is 3. The Labute approximate surface area is 112 Å². The molecule has 2 aliphatic rings. The second-order valence-corrected chi connectivity index (χ2v) is 5.43. The molecule has 0 unspecified atom stereocenters. The molecule has 19 heavy (non-hydrogen) atoms. The van der Waals surface area contributed by atoms with E-state index < -0.39 is 11.5 Å². The predicted octanol–water partition coefficient (Wildman–Crippen LogP) is 1.25. The number of carboxylic acid groups (broad SMARTS) is 1. The van der Waals surface area contributed by atoms with Crippen LogP contribution in [0.5, 0.6) is 0 Å². The van der Waals surface area contributed by atoms with Crippen molar-refractivity contribution >= 4 is 12.0 Å². The molecule has 108 valence electrons. The van der Waals surface area contributed by atoms with E-state index in [1.165, 1.54) is 6.42 Å². The van der Waals surface area contributed by atoms with Crippen LogP contribution in [0.3, 0.4) is 0 Å². The summed E-state index contributed by atoms with van der Waals surface area (Å²) in [5.74, 6) is -0.977. The van der Waals surface area contributed by atoms with Crippen LogP contribution in [0.25, 0.3) is 0 Å². The smallest absolute Gasteiger partial charge is 0.329 e. The maximum absolute atomic E-state index is 12.0. The van der Waals surface area contributed by atoms with E-state index in [1.54, 1.807) is 0 Å². The Hall–Kier alpha value is -1.30. The summed E-state index contributed by atoms with van der Waals surface area (Å²) in [5, 5.41) is 14.9. The van der Waals surface area contributed by atoms with Crippen molar-refractivity contribution in [3.8, 4) is 0 Å². The molecule has 2 rings (SSSR count). The van der Waals surface area contributed by atoms with Crippen LogP contribution in [0.2, 0.25) is 0 Å². The van der Waals surface area contributed by atoms with Crippen molar-refractivity contribution in [2.24, 2.45) is 0 Å². The van der Waals surface area contributed by atoms with E-state index in [1.807, 2.05) is 0 Å². The zero-order valence-corrected chi connectivity index (χ0v) is 11.1. The van der Waals surface area contributed by atoms with Crippen molar-refractivity contribution in [2.45, 2.75) is 56.5 Å². The minimum Gasteiger partial charge on any atom is -0.480 e. The fourth-order valence-corrected chi connectivity index (χ4v) is 2.80. The van der Waals surface area contributed by atoms with Gasteiger partial charge in [0.15, 0.2) is 0 Å². The van der Waals surface area contributed by atoms with E-state index in [0.717, 1.165) is 25.7 Å². The quantitative estimate of drug-likeness (QED) is 0.720. The van der Waals surface area contributed by atoms with Gasteiger partial charge in [-0.05, 0) is 12.8 Å². The van der Waals surface area contributed by atoms with Crippen LogP contribution >= 0.6 is 0 Å². The topological polar surface area (TPSA) is 87.7 Å². The van der Waals surface area contributed by atoms with E-state index in [9.17, 15) is 14.7 Å². The lowest BCUT2D eigenvalue weighted by Gasteiger charge is -2.34. The summed E-state index contributed by atoms with van der Waals surface area (Å²) in [6.45, 7) is 0.742. The lowest BCUT2D eigenvalue weighted by atomic mass is 9.90. The Balaban J connectivity index is 1.89. The highest BCUT2D eigenvalue weighted by atomic mass is 16.5. The first-order valence-corrected chi connectivity index (χ1v) is 7.02. The number of carboxylic acids is 1. The largest absolute Gasteiger partial charge is 0.480 e. The first-order chi connectivity index (χ1) is 9.12. The van der Waals surface area contributed by atoms with Crippen molar-refractivity contribution in [2.75, 3.05) is 13.2 Å². The van der Waals surface area contributed by atoms with Gasteiger partial charge in [-0.2, -0.15) is 0 Å². The van der Waals surface area contributed by atoms with Crippen molar-refractivity contribution in [3.63, 3.8) is 0 Å². The van der Waals surface area contributed by atoms with Crippen LogP contribution in [-0.4, -0.2) is 41.9 Å². The molecule has 1 aliphatic carbocycles. The normalized spacial score (nSPS) is 23.6. The van der Waals surface area contributed by atoms with Crippen LogP contribution in [0.4, 0.5) is 4.79 Å². The van der Waals surface area contributed by atoms with Crippen LogP contribution in [-0.2, 0) is 9.53 Å². The van der Waals surface area contributed by atoms with Crippen molar-refractivity contribution in [1.82, 2.24) is 10.6 Å². The van der Waals surface area contributed by atoms with Gasteiger partial charge in [-0.15, -0.1) is 0 Å².